The standard InChI is InChI=1S/C11H8N4O4S/c12-9-4-10(17)14-11(13-9)20-7-1-2-8(15(18)19)6(3-7)5-16/h1-5H,(H3,12,13,14,17). The SMILES string of the molecule is Nc1cc(=O)[nH]c(Sc2ccc([N+](=O)[O-])c(C=O)c2)n1. The maximum atomic E-state index is 11.2. The molecule has 0 aliphatic rings. The van der Waals surface area contributed by atoms with Crippen molar-refractivity contribution in [1.29, 1.82) is 0 Å². The summed E-state index contributed by atoms with van der Waals surface area (Å²) in [5, 5.41) is 10.9. The molecule has 0 saturated heterocycles. The van der Waals surface area contributed by atoms with E-state index in [0.717, 1.165) is 17.8 Å². The molecule has 0 bridgehead atoms. The molecule has 1 aromatic heterocycles. The number of anilines is 1. The van der Waals surface area contributed by atoms with Crippen LogP contribution in [0.25, 0.3) is 0 Å². The summed E-state index contributed by atoms with van der Waals surface area (Å²) >= 11 is 1.04. The topological polar surface area (TPSA) is 132 Å². The van der Waals surface area contributed by atoms with Gasteiger partial charge in [0.2, 0.25) is 0 Å². The molecular formula is C11H8N4O4S. The van der Waals surface area contributed by atoms with Crippen LogP contribution in [-0.2, 0) is 0 Å². The molecule has 1 heterocycles. The van der Waals surface area contributed by atoms with Gasteiger partial charge in [0.25, 0.3) is 11.2 Å². The van der Waals surface area contributed by atoms with Gasteiger partial charge in [-0.1, -0.05) is 11.8 Å². The molecule has 9 heteroatoms. The Kier molecular flexibility index (Phi) is 3.80. The molecule has 0 atom stereocenters. The van der Waals surface area contributed by atoms with Gasteiger partial charge in [-0.2, -0.15) is 0 Å². The van der Waals surface area contributed by atoms with E-state index < -0.39 is 10.5 Å². The molecule has 2 aromatic rings. The number of benzene rings is 1. The molecule has 0 amide bonds. The van der Waals surface area contributed by atoms with Gasteiger partial charge >= 0.3 is 0 Å². The van der Waals surface area contributed by atoms with E-state index in [1.165, 1.54) is 18.2 Å². The maximum absolute atomic E-state index is 11.2. The van der Waals surface area contributed by atoms with Gasteiger partial charge < -0.3 is 10.7 Å². The first-order valence-electron chi connectivity index (χ1n) is 5.28. The fourth-order valence-corrected chi connectivity index (χ4v) is 2.32. The highest BCUT2D eigenvalue weighted by Crippen LogP contribution is 2.28. The number of nitro groups is 1. The van der Waals surface area contributed by atoms with Gasteiger partial charge in [0.1, 0.15) is 5.82 Å². The van der Waals surface area contributed by atoms with Crippen molar-refractivity contribution in [1.82, 2.24) is 9.97 Å². The molecule has 0 spiro atoms. The minimum absolute atomic E-state index is 0.0498. The lowest BCUT2D eigenvalue weighted by Crippen LogP contribution is -2.09. The number of nitrogens with two attached hydrogens (primary N) is 1. The number of aldehydes is 1. The number of nitrogens with zero attached hydrogens (tertiary/aromatic N) is 2. The smallest absolute Gasteiger partial charge is 0.279 e. The van der Waals surface area contributed by atoms with Crippen LogP contribution >= 0.6 is 11.8 Å². The maximum Gasteiger partial charge on any atom is 0.279 e. The van der Waals surface area contributed by atoms with Crippen LogP contribution in [0.3, 0.4) is 0 Å². The molecule has 1 aromatic carbocycles. The van der Waals surface area contributed by atoms with Crippen molar-refractivity contribution in [3.05, 3.63) is 50.3 Å². The second-order valence-electron chi connectivity index (χ2n) is 3.67. The first-order valence-corrected chi connectivity index (χ1v) is 6.09. The van der Waals surface area contributed by atoms with E-state index in [4.69, 9.17) is 5.73 Å². The molecule has 0 radical (unpaired) electrons. The van der Waals surface area contributed by atoms with Crippen molar-refractivity contribution in [3.8, 4) is 0 Å². The number of nitrogens with one attached hydrogen (secondary N) is 1. The van der Waals surface area contributed by atoms with Gasteiger partial charge in [-0.3, -0.25) is 19.7 Å². The van der Waals surface area contributed by atoms with E-state index in [1.54, 1.807) is 0 Å². The third kappa shape index (κ3) is 3.01. The Morgan fingerprint density at radius 3 is 2.75 bits per heavy atom. The van der Waals surface area contributed by atoms with Gasteiger partial charge in [-0.25, -0.2) is 4.98 Å². The molecule has 8 nitrogen and oxygen atoms in total. The second kappa shape index (κ2) is 5.53. The monoisotopic (exact) mass is 292 g/mol. The number of aromatic nitrogens is 2. The third-order valence-corrected chi connectivity index (χ3v) is 3.15. The van der Waals surface area contributed by atoms with Crippen LogP contribution in [0.2, 0.25) is 0 Å². The van der Waals surface area contributed by atoms with Crippen molar-refractivity contribution in [2.45, 2.75) is 10.1 Å². The molecule has 0 aliphatic carbocycles. The van der Waals surface area contributed by atoms with Crippen LogP contribution in [0.15, 0.2) is 39.1 Å². The van der Waals surface area contributed by atoms with E-state index in [9.17, 15) is 19.7 Å². The first kappa shape index (κ1) is 13.7. The average molecular weight is 292 g/mol. The predicted molar refractivity (Wildman–Crippen MR) is 71.9 cm³/mol. The Morgan fingerprint density at radius 1 is 1.40 bits per heavy atom. The zero-order valence-electron chi connectivity index (χ0n) is 9.90. The zero-order valence-corrected chi connectivity index (χ0v) is 10.7. The highest BCUT2D eigenvalue weighted by atomic mass is 32.2. The number of carbonyl (C=O) groups is 1. The molecule has 0 fully saturated rings. The number of carbonyl (C=O) groups excluding carboxylic acids is 1. The van der Waals surface area contributed by atoms with Crippen molar-refractivity contribution >= 4 is 29.6 Å². The molecule has 102 valence electrons. The molecule has 0 saturated carbocycles. The van der Waals surface area contributed by atoms with Crippen LogP contribution in [-0.4, -0.2) is 21.2 Å². The molecule has 0 unspecified atom stereocenters. The lowest BCUT2D eigenvalue weighted by molar-refractivity contribution is -0.385. The summed E-state index contributed by atoms with van der Waals surface area (Å²) in [6.07, 6.45) is 0.401. The fourth-order valence-electron chi connectivity index (χ4n) is 1.47. The highest BCUT2D eigenvalue weighted by Gasteiger charge is 2.14. The number of aromatic amines is 1. The van der Waals surface area contributed by atoms with Gasteiger partial charge in [-0.05, 0) is 12.1 Å². The van der Waals surface area contributed by atoms with Crippen LogP contribution < -0.4 is 11.3 Å². The minimum Gasteiger partial charge on any atom is -0.383 e. The summed E-state index contributed by atoms with van der Waals surface area (Å²) in [7, 11) is 0. The molecule has 0 aliphatic heterocycles. The van der Waals surface area contributed by atoms with E-state index in [2.05, 4.69) is 9.97 Å². The summed E-state index contributed by atoms with van der Waals surface area (Å²) in [4.78, 5) is 39.0. The number of nitro benzene ring substituents is 1. The first-order chi connectivity index (χ1) is 9.49. The molecular weight excluding hydrogens is 284 g/mol. The molecule has 20 heavy (non-hydrogen) atoms. The van der Waals surface area contributed by atoms with Crippen LogP contribution in [0.1, 0.15) is 10.4 Å². The van der Waals surface area contributed by atoms with Crippen LogP contribution in [0.5, 0.6) is 0 Å². The Bertz CT molecular complexity index is 743. The molecule has 3 N–H and O–H groups in total. The number of rotatable bonds is 4. The lowest BCUT2D eigenvalue weighted by atomic mass is 10.2. The summed E-state index contributed by atoms with van der Waals surface area (Å²) in [6, 6.07) is 5.16. The summed E-state index contributed by atoms with van der Waals surface area (Å²) in [6.45, 7) is 0. The summed E-state index contributed by atoms with van der Waals surface area (Å²) in [5.74, 6) is 0.0637. The molecule has 2 rings (SSSR count). The lowest BCUT2D eigenvalue weighted by Gasteiger charge is -2.02. The quantitative estimate of drug-likeness (QED) is 0.374. The third-order valence-electron chi connectivity index (χ3n) is 2.28. The second-order valence-corrected chi connectivity index (χ2v) is 4.74. The number of hydrogen-bond acceptors (Lipinski definition) is 7. The number of hydrogen-bond donors (Lipinski definition) is 2. The average Bonchev–Trinajstić information content (AvgIpc) is 2.37. The van der Waals surface area contributed by atoms with Crippen molar-refractivity contribution in [2.75, 3.05) is 5.73 Å². The van der Waals surface area contributed by atoms with Crippen LogP contribution in [0, 0.1) is 10.1 Å². The summed E-state index contributed by atoms with van der Waals surface area (Å²) in [5.41, 5.74) is 4.71. The normalized spacial score (nSPS) is 10.2. The van der Waals surface area contributed by atoms with Crippen LogP contribution in [0.4, 0.5) is 11.5 Å². The van der Waals surface area contributed by atoms with Crippen molar-refractivity contribution in [3.63, 3.8) is 0 Å². The van der Waals surface area contributed by atoms with Gasteiger partial charge in [0.05, 0.1) is 10.5 Å². The summed E-state index contributed by atoms with van der Waals surface area (Å²) < 4.78 is 0. The van der Waals surface area contributed by atoms with E-state index in [-0.39, 0.29) is 22.2 Å². The Balaban J connectivity index is 2.37. The Labute approximate surface area is 116 Å². The number of nitrogen functional groups attached to an aromatic ring is 1. The largest absolute Gasteiger partial charge is 0.383 e. The van der Waals surface area contributed by atoms with Crippen molar-refractivity contribution < 1.29 is 9.72 Å². The van der Waals surface area contributed by atoms with Gasteiger partial charge in [-0.15, -0.1) is 0 Å². The Hall–Kier alpha value is -2.68. The van der Waals surface area contributed by atoms with E-state index >= 15 is 0 Å². The zero-order chi connectivity index (χ0) is 14.7. The fraction of sp³-hybridized carbons (Fsp3) is 0. The Morgan fingerprint density at radius 2 is 2.15 bits per heavy atom. The van der Waals surface area contributed by atoms with Gasteiger partial charge in [0.15, 0.2) is 11.4 Å². The van der Waals surface area contributed by atoms with E-state index in [1.807, 2.05) is 0 Å². The van der Waals surface area contributed by atoms with E-state index in [0.29, 0.717) is 11.2 Å². The minimum atomic E-state index is -0.640. The van der Waals surface area contributed by atoms with Crippen molar-refractivity contribution in [2.24, 2.45) is 0 Å². The highest BCUT2D eigenvalue weighted by molar-refractivity contribution is 7.99. The van der Waals surface area contributed by atoms with Gasteiger partial charge in [0, 0.05) is 17.0 Å². The predicted octanol–water partition coefficient (Wildman–Crippen LogP) is 1.22. The number of H-pyrrole nitrogens is 1.